The third kappa shape index (κ3) is 2.97. The lowest BCUT2D eigenvalue weighted by atomic mass is 9.99. The predicted molar refractivity (Wildman–Crippen MR) is 86.6 cm³/mol. The smallest absolute Gasteiger partial charge is 0.234 e. The minimum Gasteiger partial charge on any atom is -0.395 e. The molecule has 0 bridgehead atoms. The Labute approximate surface area is 128 Å². The van der Waals surface area contributed by atoms with Gasteiger partial charge in [-0.3, -0.25) is 9.78 Å². The zero-order chi connectivity index (χ0) is 15.4. The van der Waals surface area contributed by atoms with E-state index in [-0.39, 0.29) is 12.5 Å². The minimum atomic E-state index is -0.575. The van der Waals surface area contributed by atoms with Gasteiger partial charge in [0.2, 0.25) is 5.91 Å². The van der Waals surface area contributed by atoms with Gasteiger partial charge in [0, 0.05) is 23.5 Å². The first-order chi connectivity index (χ1) is 10.8. The zero-order valence-corrected chi connectivity index (χ0v) is 11.9. The summed E-state index contributed by atoms with van der Waals surface area (Å²) in [6, 6.07) is 16.8. The summed E-state index contributed by atoms with van der Waals surface area (Å²) in [4.78, 5) is 16.5. The van der Waals surface area contributed by atoms with Crippen molar-refractivity contribution in [1.82, 2.24) is 4.98 Å². The van der Waals surface area contributed by atoms with Crippen molar-refractivity contribution in [2.24, 2.45) is 0 Å². The number of pyridine rings is 1. The highest BCUT2D eigenvalue weighted by Gasteiger charge is 2.19. The van der Waals surface area contributed by atoms with Crippen molar-refractivity contribution < 1.29 is 9.90 Å². The number of carbonyl (C=O) groups excluding carboxylic acids is 1. The highest BCUT2D eigenvalue weighted by Crippen LogP contribution is 2.21. The number of hydrogen-bond donors (Lipinski definition) is 2. The van der Waals surface area contributed by atoms with E-state index in [4.69, 9.17) is 0 Å². The molecule has 0 spiro atoms. The number of nitrogens with one attached hydrogen (secondary N) is 1. The van der Waals surface area contributed by atoms with Crippen LogP contribution >= 0.6 is 0 Å². The molecule has 1 aromatic heterocycles. The first kappa shape index (κ1) is 14.2. The topological polar surface area (TPSA) is 62.2 Å². The Hall–Kier alpha value is -2.72. The van der Waals surface area contributed by atoms with Gasteiger partial charge in [0.25, 0.3) is 0 Å². The fourth-order valence-electron chi connectivity index (χ4n) is 2.42. The summed E-state index contributed by atoms with van der Waals surface area (Å²) < 4.78 is 0. The van der Waals surface area contributed by atoms with E-state index >= 15 is 0 Å². The Balaban J connectivity index is 1.82. The van der Waals surface area contributed by atoms with E-state index in [1.54, 1.807) is 12.4 Å². The van der Waals surface area contributed by atoms with Gasteiger partial charge in [0.15, 0.2) is 0 Å². The predicted octanol–water partition coefficient (Wildman–Crippen LogP) is 2.95. The molecule has 0 aliphatic heterocycles. The molecule has 0 radical (unpaired) electrons. The number of rotatable bonds is 4. The maximum absolute atomic E-state index is 12.4. The monoisotopic (exact) mass is 292 g/mol. The SMILES string of the molecule is O=C(Nc1ccc2cnccc2c1)[C@H](CO)c1ccccc1. The molecule has 1 heterocycles. The van der Waals surface area contributed by atoms with Crippen LogP contribution in [0.5, 0.6) is 0 Å². The van der Waals surface area contributed by atoms with Crippen molar-refractivity contribution >= 4 is 22.4 Å². The molecule has 4 heteroatoms. The second-order valence-corrected chi connectivity index (χ2v) is 5.07. The minimum absolute atomic E-state index is 0.220. The van der Waals surface area contributed by atoms with E-state index in [1.807, 2.05) is 54.6 Å². The van der Waals surface area contributed by atoms with E-state index < -0.39 is 5.92 Å². The number of aromatic nitrogens is 1. The van der Waals surface area contributed by atoms with Gasteiger partial charge in [0.1, 0.15) is 0 Å². The average Bonchev–Trinajstić information content (AvgIpc) is 2.56. The number of carbonyl (C=O) groups is 1. The van der Waals surface area contributed by atoms with E-state index in [2.05, 4.69) is 10.3 Å². The van der Waals surface area contributed by atoms with Crippen LogP contribution in [0.15, 0.2) is 67.0 Å². The number of nitrogens with zero attached hydrogens (tertiary/aromatic N) is 1. The van der Waals surface area contributed by atoms with E-state index in [9.17, 15) is 9.90 Å². The Morgan fingerprint density at radius 3 is 2.68 bits per heavy atom. The summed E-state index contributed by atoms with van der Waals surface area (Å²) in [5, 5.41) is 14.4. The lowest BCUT2D eigenvalue weighted by molar-refractivity contribution is -0.118. The lowest BCUT2D eigenvalue weighted by Crippen LogP contribution is -2.23. The molecular formula is C18H16N2O2. The number of hydrogen-bond acceptors (Lipinski definition) is 3. The maximum atomic E-state index is 12.4. The second-order valence-electron chi connectivity index (χ2n) is 5.07. The van der Waals surface area contributed by atoms with Crippen molar-refractivity contribution in [2.75, 3.05) is 11.9 Å². The number of aliphatic hydroxyl groups excluding tert-OH is 1. The zero-order valence-electron chi connectivity index (χ0n) is 11.9. The number of amides is 1. The van der Waals surface area contributed by atoms with Gasteiger partial charge in [0.05, 0.1) is 12.5 Å². The average molecular weight is 292 g/mol. The van der Waals surface area contributed by atoms with Gasteiger partial charge in [-0.2, -0.15) is 0 Å². The van der Waals surface area contributed by atoms with Gasteiger partial charge >= 0.3 is 0 Å². The second kappa shape index (κ2) is 6.37. The largest absolute Gasteiger partial charge is 0.395 e. The molecule has 0 fully saturated rings. The number of benzene rings is 2. The Bertz CT molecular complexity index is 787. The molecule has 4 nitrogen and oxygen atoms in total. The summed E-state index contributed by atoms with van der Waals surface area (Å²) in [7, 11) is 0. The van der Waals surface area contributed by atoms with Crippen LogP contribution in [0.1, 0.15) is 11.5 Å². The maximum Gasteiger partial charge on any atom is 0.234 e. The summed E-state index contributed by atoms with van der Waals surface area (Å²) in [6.07, 6.45) is 3.50. The lowest BCUT2D eigenvalue weighted by Gasteiger charge is -2.15. The van der Waals surface area contributed by atoms with E-state index in [0.29, 0.717) is 5.69 Å². The Kier molecular flexibility index (Phi) is 4.12. The molecule has 0 saturated carbocycles. The molecule has 3 aromatic rings. The van der Waals surface area contributed by atoms with Crippen molar-refractivity contribution in [2.45, 2.75) is 5.92 Å². The third-order valence-electron chi connectivity index (χ3n) is 3.61. The molecule has 2 N–H and O–H groups in total. The summed E-state index contributed by atoms with van der Waals surface area (Å²) >= 11 is 0. The highest BCUT2D eigenvalue weighted by molar-refractivity contribution is 5.98. The van der Waals surface area contributed by atoms with Crippen LogP contribution in [0.25, 0.3) is 10.8 Å². The molecule has 2 aromatic carbocycles. The molecule has 0 aliphatic rings. The van der Waals surface area contributed by atoms with Crippen molar-refractivity contribution in [3.63, 3.8) is 0 Å². The quantitative estimate of drug-likeness (QED) is 0.777. The molecule has 110 valence electrons. The first-order valence-corrected chi connectivity index (χ1v) is 7.08. The van der Waals surface area contributed by atoms with Gasteiger partial charge in [-0.05, 0) is 29.1 Å². The number of aliphatic hydroxyl groups is 1. The standard InChI is InChI=1S/C18H16N2O2/c21-12-17(13-4-2-1-3-5-13)18(22)20-16-7-6-15-11-19-9-8-14(15)10-16/h1-11,17,21H,12H2,(H,20,22)/t17-/m1/s1. The molecule has 0 saturated heterocycles. The van der Waals surface area contributed by atoms with Gasteiger partial charge in [-0.15, -0.1) is 0 Å². The molecule has 3 rings (SSSR count). The fraction of sp³-hybridized carbons (Fsp3) is 0.111. The van der Waals surface area contributed by atoms with Crippen LogP contribution in [0.2, 0.25) is 0 Å². The van der Waals surface area contributed by atoms with Crippen LogP contribution in [0, 0.1) is 0 Å². The van der Waals surface area contributed by atoms with Crippen LogP contribution in [0.3, 0.4) is 0 Å². The van der Waals surface area contributed by atoms with E-state index in [1.165, 1.54) is 0 Å². The molecule has 1 atom stereocenters. The van der Waals surface area contributed by atoms with Crippen LogP contribution < -0.4 is 5.32 Å². The highest BCUT2D eigenvalue weighted by atomic mass is 16.3. The molecule has 0 aliphatic carbocycles. The van der Waals surface area contributed by atoms with E-state index in [0.717, 1.165) is 16.3 Å². The molecule has 22 heavy (non-hydrogen) atoms. The van der Waals surface area contributed by atoms with Crippen molar-refractivity contribution in [3.05, 3.63) is 72.6 Å². The molecule has 1 amide bonds. The van der Waals surface area contributed by atoms with Crippen LogP contribution in [0.4, 0.5) is 5.69 Å². The van der Waals surface area contributed by atoms with Crippen LogP contribution in [-0.2, 0) is 4.79 Å². The summed E-state index contributed by atoms with van der Waals surface area (Å²) in [5.74, 6) is -0.795. The van der Waals surface area contributed by atoms with Crippen LogP contribution in [-0.4, -0.2) is 22.6 Å². The van der Waals surface area contributed by atoms with Crippen molar-refractivity contribution in [1.29, 1.82) is 0 Å². The van der Waals surface area contributed by atoms with Crippen molar-refractivity contribution in [3.8, 4) is 0 Å². The Morgan fingerprint density at radius 2 is 1.91 bits per heavy atom. The molecular weight excluding hydrogens is 276 g/mol. The summed E-state index contributed by atoms with van der Waals surface area (Å²) in [6.45, 7) is -0.229. The fourth-order valence-corrected chi connectivity index (χ4v) is 2.42. The Morgan fingerprint density at radius 1 is 1.09 bits per heavy atom. The van der Waals surface area contributed by atoms with Gasteiger partial charge < -0.3 is 10.4 Å². The first-order valence-electron chi connectivity index (χ1n) is 7.08. The van der Waals surface area contributed by atoms with Gasteiger partial charge in [-0.25, -0.2) is 0 Å². The summed E-state index contributed by atoms with van der Waals surface area (Å²) in [5.41, 5.74) is 1.51. The third-order valence-corrected chi connectivity index (χ3v) is 3.61. The normalized spacial score (nSPS) is 12.0. The van der Waals surface area contributed by atoms with Gasteiger partial charge in [-0.1, -0.05) is 36.4 Å². The molecule has 0 unspecified atom stereocenters. The number of fused-ring (bicyclic) bond motifs is 1. The number of anilines is 1.